The topological polar surface area (TPSA) is 72.9 Å². The number of halogens is 1. The number of ether oxygens (including phenoxy) is 2. The van der Waals surface area contributed by atoms with Crippen molar-refractivity contribution in [1.82, 2.24) is 4.90 Å². The van der Waals surface area contributed by atoms with Gasteiger partial charge in [-0.05, 0) is 28.1 Å². The summed E-state index contributed by atoms with van der Waals surface area (Å²) in [7, 11) is 2.51. The number of hydrogen-bond acceptors (Lipinski definition) is 5. The zero-order valence-corrected chi connectivity index (χ0v) is 13.4. The molecule has 0 fully saturated rings. The molecule has 6 nitrogen and oxygen atoms in total. The minimum atomic E-state index is -0.555. The minimum absolute atomic E-state index is 0.00366. The van der Waals surface area contributed by atoms with Crippen LogP contribution in [0.25, 0.3) is 0 Å². The lowest BCUT2D eigenvalue weighted by atomic mass is 10.2. The maximum absolute atomic E-state index is 12.5. The van der Waals surface area contributed by atoms with Crippen LogP contribution in [0.5, 0.6) is 0 Å². The summed E-state index contributed by atoms with van der Waals surface area (Å²) in [4.78, 5) is 36.3. The van der Waals surface area contributed by atoms with Crippen molar-refractivity contribution in [2.24, 2.45) is 0 Å². The van der Waals surface area contributed by atoms with Crippen molar-refractivity contribution in [2.75, 3.05) is 27.3 Å². The summed E-state index contributed by atoms with van der Waals surface area (Å²) >= 11 is 3.29. The van der Waals surface area contributed by atoms with Gasteiger partial charge in [0.15, 0.2) is 0 Å². The molecule has 1 aromatic carbocycles. The van der Waals surface area contributed by atoms with Crippen LogP contribution in [0.15, 0.2) is 28.7 Å². The Morgan fingerprint density at radius 2 is 1.71 bits per heavy atom. The van der Waals surface area contributed by atoms with Crippen molar-refractivity contribution in [3.8, 4) is 0 Å². The molecular formula is C14H16BrNO5. The smallest absolute Gasteiger partial charge is 0.325 e. The molecule has 114 valence electrons. The molecule has 1 aromatic rings. The number of amides is 1. The number of hydrogen-bond donors (Lipinski definition) is 0. The van der Waals surface area contributed by atoms with E-state index in [1.54, 1.807) is 24.3 Å². The normalized spacial score (nSPS) is 9.86. The van der Waals surface area contributed by atoms with Crippen molar-refractivity contribution in [3.05, 3.63) is 34.3 Å². The van der Waals surface area contributed by atoms with Gasteiger partial charge in [-0.2, -0.15) is 0 Å². The number of methoxy groups -OCH3 is 2. The Bertz CT molecular complexity index is 532. The lowest BCUT2D eigenvalue weighted by molar-refractivity contribution is -0.143. The third-order valence-electron chi connectivity index (χ3n) is 2.75. The number of benzene rings is 1. The monoisotopic (exact) mass is 357 g/mol. The Balaban J connectivity index is 2.89. The van der Waals surface area contributed by atoms with Gasteiger partial charge in [-0.3, -0.25) is 14.4 Å². The molecule has 1 amide bonds. The first-order chi connectivity index (χ1) is 9.99. The second kappa shape index (κ2) is 8.41. The van der Waals surface area contributed by atoms with Gasteiger partial charge in [0.1, 0.15) is 6.54 Å². The van der Waals surface area contributed by atoms with E-state index in [4.69, 9.17) is 0 Å². The highest BCUT2D eigenvalue weighted by Crippen LogP contribution is 2.18. The van der Waals surface area contributed by atoms with Crippen molar-refractivity contribution in [2.45, 2.75) is 6.42 Å². The number of carbonyl (C=O) groups excluding carboxylic acids is 3. The average molecular weight is 358 g/mol. The fourth-order valence-electron chi connectivity index (χ4n) is 1.61. The van der Waals surface area contributed by atoms with E-state index in [0.717, 1.165) is 0 Å². The van der Waals surface area contributed by atoms with Crippen LogP contribution in [0.3, 0.4) is 0 Å². The molecule has 0 radical (unpaired) electrons. The lowest BCUT2D eigenvalue weighted by Crippen LogP contribution is -2.38. The molecule has 0 spiro atoms. The van der Waals surface area contributed by atoms with Gasteiger partial charge in [0.2, 0.25) is 0 Å². The van der Waals surface area contributed by atoms with Crippen molar-refractivity contribution in [3.63, 3.8) is 0 Å². The van der Waals surface area contributed by atoms with Crippen LogP contribution in [-0.4, -0.2) is 50.1 Å². The molecular weight excluding hydrogens is 342 g/mol. The summed E-state index contributed by atoms with van der Waals surface area (Å²) in [5.41, 5.74) is 0.409. The Morgan fingerprint density at radius 1 is 1.10 bits per heavy atom. The van der Waals surface area contributed by atoms with Crippen LogP contribution < -0.4 is 0 Å². The highest BCUT2D eigenvalue weighted by molar-refractivity contribution is 9.10. The molecule has 0 heterocycles. The predicted molar refractivity (Wildman–Crippen MR) is 78.7 cm³/mol. The first-order valence-corrected chi connectivity index (χ1v) is 6.96. The van der Waals surface area contributed by atoms with Gasteiger partial charge in [-0.1, -0.05) is 12.1 Å². The lowest BCUT2D eigenvalue weighted by Gasteiger charge is -2.21. The SMILES string of the molecule is COC(=O)CCN(CC(=O)OC)C(=O)c1ccccc1Br. The van der Waals surface area contributed by atoms with Crippen LogP contribution >= 0.6 is 15.9 Å². The average Bonchev–Trinajstić information content (AvgIpc) is 2.50. The molecule has 0 atom stereocenters. The third kappa shape index (κ3) is 5.18. The molecule has 0 N–H and O–H groups in total. The van der Waals surface area contributed by atoms with Crippen LogP contribution in [0.4, 0.5) is 0 Å². The zero-order valence-electron chi connectivity index (χ0n) is 11.8. The standard InChI is InChI=1S/C14H16BrNO5/c1-20-12(17)7-8-16(9-13(18)21-2)14(19)10-5-3-4-6-11(10)15/h3-6H,7-9H2,1-2H3. The van der Waals surface area contributed by atoms with Crippen molar-refractivity contribution >= 4 is 33.8 Å². The van der Waals surface area contributed by atoms with E-state index in [2.05, 4.69) is 25.4 Å². The van der Waals surface area contributed by atoms with Crippen molar-refractivity contribution < 1.29 is 23.9 Å². The highest BCUT2D eigenvalue weighted by Gasteiger charge is 2.21. The van der Waals surface area contributed by atoms with Gasteiger partial charge in [0, 0.05) is 11.0 Å². The van der Waals surface area contributed by atoms with Crippen molar-refractivity contribution in [1.29, 1.82) is 0 Å². The Labute approximate surface area is 131 Å². The number of rotatable bonds is 6. The van der Waals surface area contributed by atoms with Crippen LogP contribution in [0.1, 0.15) is 16.8 Å². The maximum atomic E-state index is 12.5. The molecule has 21 heavy (non-hydrogen) atoms. The third-order valence-corrected chi connectivity index (χ3v) is 3.44. The minimum Gasteiger partial charge on any atom is -0.469 e. The Kier molecular flexibility index (Phi) is 6.87. The summed E-state index contributed by atoms with van der Waals surface area (Å²) in [6.45, 7) is -0.157. The first-order valence-electron chi connectivity index (χ1n) is 6.17. The van der Waals surface area contributed by atoms with Crippen LogP contribution in [0.2, 0.25) is 0 Å². The highest BCUT2D eigenvalue weighted by atomic mass is 79.9. The molecule has 0 aliphatic heterocycles. The Hall–Kier alpha value is -1.89. The Morgan fingerprint density at radius 3 is 2.29 bits per heavy atom. The molecule has 0 saturated carbocycles. The predicted octanol–water partition coefficient (Wildman–Crippen LogP) is 1.63. The van der Waals surface area contributed by atoms with Gasteiger partial charge >= 0.3 is 11.9 Å². The summed E-state index contributed by atoms with van der Waals surface area (Å²) in [5, 5.41) is 0. The van der Waals surface area contributed by atoms with E-state index in [1.165, 1.54) is 19.1 Å². The quantitative estimate of drug-likeness (QED) is 0.723. The van der Waals surface area contributed by atoms with Gasteiger partial charge in [-0.25, -0.2) is 0 Å². The fraction of sp³-hybridized carbons (Fsp3) is 0.357. The second-order valence-corrected chi connectivity index (χ2v) is 4.96. The van der Waals surface area contributed by atoms with E-state index in [9.17, 15) is 14.4 Å². The summed E-state index contributed by atoms with van der Waals surface area (Å²) < 4.78 is 9.72. The molecule has 7 heteroatoms. The first kappa shape index (κ1) is 17.2. The second-order valence-electron chi connectivity index (χ2n) is 4.11. The van der Waals surface area contributed by atoms with E-state index < -0.39 is 11.9 Å². The maximum Gasteiger partial charge on any atom is 0.325 e. The summed E-state index contributed by atoms with van der Waals surface area (Å²) in [6, 6.07) is 6.85. The summed E-state index contributed by atoms with van der Waals surface area (Å²) in [5.74, 6) is -1.37. The van der Waals surface area contributed by atoms with Gasteiger partial charge in [-0.15, -0.1) is 0 Å². The molecule has 0 aliphatic rings. The van der Waals surface area contributed by atoms with E-state index in [0.29, 0.717) is 10.0 Å². The van der Waals surface area contributed by atoms with Gasteiger partial charge < -0.3 is 14.4 Å². The molecule has 0 bridgehead atoms. The largest absolute Gasteiger partial charge is 0.469 e. The van der Waals surface area contributed by atoms with E-state index in [1.807, 2.05) is 0 Å². The number of carbonyl (C=O) groups is 3. The fourth-order valence-corrected chi connectivity index (χ4v) is 2.06. The summed E-state index contributed by atoms with van der Waals surface area (Å²) in [6.07, 6.45) is 0.00366. The van der Waals surface area contributed by atoms with E-state index >= 15 is 0 Å². The van der Waals surface area contributed by atoms with Gasteiger partial charge in [0.05, 0.1) is 26.2 Å². The molecule has 1 rings (SSSR count). The van der Waals surface area contributed by atoms with Crippen LogP contribution in [-0.2, 0) is 19.1 Å². The number of nitrogens with zero attached hydrogens (tertiary/aromatic N) is 1. The molecule has 0 saturated heterocycles. The molecule has 0 unspecified atom stereocenters. The number of esters is 2. The van der Waals surface area contributed by atoms with Crippen LogP contribution in [0, 0.1) is 0 Å². The molecule has 0 aliphatic carbocycles. The zero-order chi connectivity index (χ0) is 15.8. The van der Waals surface area contributed by atoms with Gasteiger partial charge in [0.25, 0.3) is 5.91 Å². The van der Waals surface area contributed by atoms with E-state index in [-0.39, 0.29) is 25.4 Å². The molecule has 0 aromatic heterocycles.